The molecule has 3 heterocycles. The van der Waals surface area contributed by atoms with Crippen molar-refractivity contribution in [3.05, 3.63) is 75.6 Å². The minimum absolute atomic E-state index is 0.00651. The lowest BCUT2D eigenvalue weighted by atomic mass is 9.94. The van der Waals surface area contributed by atoms with E-state index in [9.17, 15) is 19.1 Å². The van der Waals surface area contributed by atoms with Gasteiger partial charge >= 0.3 is 5.91 Å². The molecular formula is C23H18FN3O4S. The van der Waals surface area contributed by atoms with E-state index < -0.39 is 23.5 Å². The molecule has 0 saturated carbocycles. The van der Waals surface area contributed by atoms with Crippen LogP contribution in [0.3, 0.4) is 0 Å². The summed E-state index contributed by atoms with van der Waals surface area (Å²) < 4.78 is 20.5. The first-order chi connectivity index (χ1) is 15.3. The molecule has 1 amide bonds. The molecule has 1 N–H and O–H groups in total. The number of aliphatic hydroxyl groups excluding tert-OH is 1. The summed E-state index contributed by atoms with van der Waals surface area (Å²) in [4.78, 5) is 27.2. The van der Waals surface area contributed by atoms with Crippen molar-refractivity contribution < 1.29 is 23.8 Å². The number of benzene rings is 2. The van der Waals surface area contributed by atoms with E-state index in [0.29, 0.717) is 22.7 Å². The molecule has 0 unspecified atom stereocenters. The fourth-order valence-electron chi connectivity index (χ4n) is 4.13. The van der Waals surface area contributed by atoms with E-state index in [1.54, 1.807) is 31.2 Å². The number of anilines is 1. The molecule has 1 aromatic heterocycles. The predicted molar refractivity (Wildman–Crippen MR) is 116 cm³/mol. The zero-order valence-corrected chi connectivity index (χ0v) is 18.0. The number of carbonyl (C=O) groups is 2. The molecule has 32 heavy (non-hydrogen) atoms. The molecule has 2 aliphatic rings. The number of Topliss-reactive ketones (excluding diaryl/α,β-unsaturated/α-hetero) is 1. The number of amides is 1. The van der Waals surface area contributed by atoms with Crippen LogP contribution in [-0.2, 0) is 16.0 Å². The maximum Gasteiger partial charge on any atom is 0.301 e. The Bertz CT molecular complexity index is 1300. The molecule has 2 aliphatic heterocycles. The first kappa shape index (κ1) is 20.3. The summed E-state index contributed by atoms with van der Waals surface area (Å²) >= 11 is 1.11. The molecule has 5 rings (SSSR count). The van der Waals surface area contributed by atoms with Crippen LogP contribution >= 0.6 is 11.3 Å². The van der Waals surface area contributed by atoms with Crippen LogP contribution in [0.1, 0.15) is 34.7 Å². The Balaban J connectivity index is 1.71. The molecule has 3 aromatic rings. The zero-order chi connectivity index (χ0) is 22.6. The highest BCUT2D eigenvalue weighted by Crippen LogP contribution is 2.44. The average molecular weight is 451 g/mol. The van der Waals surface area contributed by atoms with E-state index in [4.69, 9.17) is 4.74 Å². The predicted octanol–water partition coefficient (Wildman–Crippen LogP) is 3.94. The van der Waals surface area contributed by atoms with Crippen molar-refractivity contribution in [2.45, 2.75) is 32.4 Å². The molecule has 0 aliphatic carbocycles. The normalized spacial score (nSPS) is 21.7. The van der Waals surface area contributed by atoms with Crippen LogP contribution in [-0.4, -0.2) is 33.1 Å². The second-order valence-electron chi connectivity index (χ2n) is 7.75. The summed E-state index contributed by atoms with van der Waals surface area (Å²) in [7, 11) is 0. The Morgan fingerprint density at radius 2 is 2.00 bits per heavy atom. The number of ketones is 1. The number of aryl methyl sites for hydroxylation is 1. The third kappa shape index (κ3) is 3.16. The van der Waals surface area contributed by atoms with E-state index in [0.717, 1.165) is 21.8 Å². The van der Waals surface area contributed by atoms with Gasteiger partial charge < -0.3 is 9.84 Å². The Kier molecular flexibility index (Phi) is 4.78. The van der Waals surface area contributed by atoms with Gasteiger partial charge in [0.25, 0.3) is 5.78 Å². The molecule has 9 heteroatoms. The van der Waals surface area contributed by atoms with Crippen molar-refractivity contribution >= 4 is 33.9 Å². The van der Waals surface area contributed by atoms with Crippen LogP contribution in [0.15, 0.2) is 48.0 Å². The van der Waals surface area contributed by atoms with Gasteiger partial charge in [-0.05, 0) is 43.7 Å². The second kappa shape index (κ2) is 7.52. The molecule has 2 atom stereocenters. The molecule has 1 fully saturated rings. The molecule has 7 nitrogen and oxygen atoms in total. The van der Waals surface area contributed by atoms with Crippen molar-refractivity contribution in [2.24, 2.45) is 0 Å². The van der Waals surface area contributed by atoms with Crippen LogP contribution in [0.25, 0.3) is 5.76 Å². The number of carbonyl (C=O) groups excluding carboxylic acids is 2. The number of aliphatic hydroxyl groups is 1. The van der Waals surface area contributed by atoms with Crippen molar-refractivity contribution in [1.29, 1.82) is 0 Å². The van der Waals surface area contributed by atoms with Gasteiger partial charge in [-0.3, -0.25) is 14.5 Å². The lowest BCUT2D eigenvalue weighted by Crippen LogP contribution is -2.29. The van der Waals surface area contributed by atoms with E-state index in [1.165, 1.54) is 18.2 Å². The maximum atomic E-state index is 14.8. The Labute approximate surface area is 186 Å². The average Bonchev–Trinajstić information content (AvgIpc) is 3.43. The third-order valence-corrected chi connectivity index (χ3v) is 6.37. The maximum absolute atomic E-state index is 14.8. The van der Waals surface area contributed by atoms with E-state index >= 15 is 0 Å². The summed E-state index contributed by atoms with van der Waals surface area (Å²) in [5, 5.41) is 19.8. The minimum atomic E-state index is -1.17. The van der Waals surface area contributed by atoms with Gasteiger partial charge in [0, 0.05) is 17.5 Å². The van der Waals surface area contributed by atoms with E-state index in [-0.39, 0.29) is 28.1 Å². The van der Waals surface area contributed by atoms with Crippen molar-refractivity contribution in [3.8, 4) is 5.75 Å². The summed E-state index contributed by atoms with van der Waals surface area (Å²) in [6, 6.07) is 9.75. The number of ether oxygens (including phenoxy) is 1. The first-order valence-electron chi connectivity index (χ1n) is 10.0. The van der Waals surface area contributed by atoms with Gasteiger partial charge in [-0.2, -0.15) is 0 Å². The van der Waals surface area contributed by atoms with Gasteiger partial charge in [0.15, 0.2) is 0 Å². The molecule has 0 bridgehead atoms. The van der Waals surface area contributed by atoms with Crippen molar-refractivity contribution in [1.82, 2.24) is 10.2 Å². The number of rotatable bonds is 3. The summed E-state index contributed by atoms with van der Waals surface area (Å²) in [6.07, 6.45) is 0.665. The van der Waals surface area contributed by atoms with Crippen LogP contribution in [0.2, 0.25) is 0 Å². The van der Waals surface area contributed by atoms with E-state index in [1.807, 2.05) is 6.92 Å². The first-order valence-corrected chi connectivity index (χ1v) is 10.8. The van der Waals surface area contributed by atoms with Crippen molar-refractivity contribution in [3.63, 3.8) is 0 Å². The minimum Gasteiger partial charge on any atom is -0.507 e. The largest absolute Gasteiger partial charge is 0.507 e. The molecular weight excluding hydrogens is 433 g/mol. The van der Waals surface area contributed by atoms with Crippen molar-refractivity contribution in [2.75, 3.05) is 4.90 Å². The third-order valence-electron chi connectivity index (χ3n) is 5.54. The smallest absolute Gasteiger partial charge is 0.301 e. The molecule has 2 aromatic carbocycles. The highest BCUT2D eigenvalue weighted by molar-refractivity contribution is 7.15. The quantitative estimate of drug-likeness (QED) is 0.368. The number of fused-ring (bicyclic) bond motifs is 1. The molecule has 162 valence electrons. The van der Waals surface area contributed by atoms with Crippen LogP contribution in [0.4, 0.5) is 9.52 Å². The molecule has 0 spiro atoms. The van der Waals surface area contributed by atoms with Crippen LogP contribution in [0, 0.1) is 12.7 Å². The van der Waals surface area contributed by atoms with Gasteiger partial charge in [0.05, 0.1) is 5.57 Å². The highest BCUT2D eigenvalue weighted by atomic mass is 32.1. The standard InChI is InChI=1S/C23H18FN3O4S/c1-11-9-14-10-13(7-8-17(14)31-11)20(28)18-19(15-5-3-4-6-16(15)24)27(22(30)21(18)29)23-26-25-12(2)32-23/h3-8,10-11,19,28H,9H2,1-2H3/t11-,19-/m0/s1. The van der Waals surface area contributed by atoms with Gasteiger partial charge in [-0.15, -0.1) is 10.2 Å². The fraction of sp³-hybridized carbons (Fsp3) is 0.217. The fourth-order valence-corrected chi connectivity index (χ4v) is 4.84. The Morgan fingerprint density at radius 1 is 1.22 bits per heavy atom. The number of hydrogen-bond donors (Lipinski definition) is 1. The summed E-state index contributed by atoms with van der Waals surface area (Å²) in [5.41, 5.74) is 1.13. The highest BCUT2D eigenvalue weighted by Gasteiger charge is 2.49. The summed E-state index contributed by atoms with van der Waals surface area (Å²) in [6.45, 7) is 3.65. The van der Waals surface area contributed by atoms with Gasteiger partial charge in [-0.25, -0.2) is 4.39 Å². The topological polar surface area (TPSA) is 92.6 Å². The Hall–Kier alpha value is -3.59. The number of nitrogens with zero attached hydrogens (tertiary/aromatic N) is 3. The molecule has 0 radical (unpaired) electrons. The lowest BCUT2D eigenvalue weighted by Gasteiger charge is -2.22. The van der Waals surface area contributed by atoms with Gasteiger partial charge in [0.1, 0.15) is 34.5 Å². The SMILES string of the molecule is Cc1nnc(N2C(=O)C(=O)C(=C(O)c3ccc4c(c3)C[C@H](C)O4)[C@@H]2c2ccccc2F)s1. The molecule has 1 saturated heterocycles. The van der Waals surface area contributed by atoms with Crippen LogP contribution in [0.5, 0.6) is 5.75 Å². The monoisotopic (exact) mass is 451 g/mol. The van der Waals surface area contributed by atoms with Gasteiger partial charge in [-0.1, -0.05) is 29.5 Å². The van der Waals surface area contributed by atoms with Gasteiger partial charge in [0.2, 0.25) is 5.13 Å². The lowest BCUT2D eigenvalue weighted by molar-refractivity contribution is -0.132. The van der Waals surface area contributed by atoms with Crippen LogP contribution < -0.4 is 9.64 Å². The zero-order valence-electron chi connectivity index (χ0n) is 17.2. The number of aromatic nitrogens is 2. The number of hydrogen-bond acceptors (Lipinski definition) is 7. The second-order valence-corrected chi connectivity index (χ2v) is 8.91. The Morgan fingerprint density at radius 3 is 2.72 bits per heavy atom. The van der Waals surface area contributed by atoms with E-state index in [2.05, 4.69) is 10.2 Å². The number of halogens is 1. The summed E-state index contributed by atoms with van der Waals surface area (Å²) in [5.74, 6) is -2.07.